The number of benzene rings is 1. The van der Waals surface area contributed by atoms with Gasteiger partial charge in [-0.2, -0.15) is 0 Å². The zero-order valence-corrected chi connectivity index (χ0v) is 12.0. The van der Waals surface area contributed by atoms with E-state index < -0.39 is 0 Å². The lowest BCUT2D eigenvalue weighted by Gasteiger charge is -2.15. The van der Waals surface area contributed by atoms with E-state index in [0.29, 0.717) is 6.61 Å². The van der Waals surface area contributed by atoms with Crippen LogP contribution in [-0.4, -0.2) is 11.9 Å². The Morgan fingerprint density at radius 1 is 1.22 bits per heavy atom. The first-order valence-electron chi connectivity index (χ1n) is 6.98. The third kappa shape index (κ3) is 3.84. The van der Waals surface area contributed by atoms with Gasteiger partial charge in [-0.3, -0.25) is 0 Å². The summed E-state index contributed by atoms with van der Waals surface area (Å²) in [6, 6.07) is 6.01. The van der Waals surface area contributed by atoms with E-state index in [1.54, 1.807) is 0 Å². The SMILES string of the molecule is CCOc1ccc(N)c(SC2CCCCCC2)c1. The van der Waals surface area contributed by atoms with E-state index in [2.05, 4.69) is 6.07 Å². The average molecular weight is 265 g/mol. The van der Waals surface area contributed by atoms with Gasteiger partial charge in [0.1, 0.15) is 5.75 Å². The molecule has 18 heavy (non-hydrogen) atoms. The van der Waals surface area contributed by atoms with Crippen LogP contribution in [0.5, 0.6) is 5.75 Å². The van der Waals surface area contributed by atoms with Crippen molar-refractivity contribution < 1.29 is 4.74 Å². The van der Waals surface area contributed by atoms with E-state index in [9.17, 15) is 0 Å². The highest BCUT2D eigenvalue weighted by Gasteiger charge is 2.15. The number of thioether (sulfide) groups is 1. The summed E-state index contributed by atoms with van der Waals surface area (Å²) in [6.45, 7) is 2.71. The summed E-state index contributed by atoms with van der Waals surface area (Å²) < 4.78 is 5.55. The molecule has 0 amide bonds. The minimum atomic E-state index is 0.706. The third-order valence-electron chi connectivity index (χ3n) is 3.39. The molecule has 2 N–H and O–H groups in total. The molecule has 2 nitrogen and oxygen atoms in total. The Kier molecular flexibility index (Phi) is 5.24. The van der Waals surface area contributed by atoms with Crippen LogP contribution in [0, 0.1) is 0 Å². The van der Waals surface area contributed by atoms with Crippen molar-refractivity contribution in [1.29, 1.82) is 0 Å². The van der Waals surface area contributed by atoms with Crippen LogP contribution in [0.25, 0.3) is 0 Å². The Bertz CT molecular complexity index is 373. The van der Waals surface area contributed by atoms with E-state index >= 15 is 0 Å². The van der Waals surface area contributed by atoms with Crippen LogP contribution >= 0.6 is 11.8 Å². The van der Waals surface area contributed by atoms with Gasteiger partial charge in [0.05, 0.1) is 6.61 Å². The van der Waals surface area contributed by atoms with Crippen molar-refractivity contribution in [2.45, 2.75) is 55.6 Å². The molecule has 1 fully saturated rings. The summed E-state index contributed by atoms with van der Waals surface area (Å²) in [7, 11) is 0. The van der Waals surface area contributed by atoms with Gasteiger partial charge in [-0.25, -0.2) is 0 Å². The standard InChI is InChI=1S/C15H23NOS/c1-2-17-12-9-10-14(16)15(11-12)18-13-7-5-3-4-6-8-13/h9-11,13H,2-8,16H2,1H3. The smallest absolute Gasteiger partial charge is 0.120 e. The molecule has 1 aromatic rings. The Morgan fingerprint density at radius 3 is 2.61 bits per heavy atom. The number of hydrogen-bond donors (Lipinski definition) is 1. The molecule has 0 heterocycles. The Hall–Kier alpha value is -0.830. The van der Waals surface area contributed by atoms with Gasteiger partial charge in [0.25, 0.3) is 0 Å². The molecule has 0 atom stereocenters. The number of anilines is 1. The lowest BCUT2D eigenvalue weighted by Crippen LogP contribution is -2.02. The molecule has 1 aliphatic carbocycles. The lowest BCUT2D eigenvalue weighted by atomic mass is 10.2. The van der Waals surface area contributed by atoms with Crippen LogP contribution < -0.4 is 10.5 Å². The molecule has 0 saturated heterocycles. The predicted octanol–water partition coefficient (Wildman–Crippen LogP) is 4.48. The Morgan fingerprint density at radius 2 is 1.94 bits per heavy atom. The van der Waals surface area contributed by atoms with E-state index in [1.165, 1.54) is 43.4 Å². The zero-order valence-electron chi connectivity index (χ0n) is 11.2. The topological polar surface area (TPSA) is 35.2 Å². The minimum Gasteiger partial charge on any atom is -0.494 e. The zero-order chi connectivity index (χ0) is 12.8. The lowest BCUT2D eigenvalue weighted by molar-refractivity contribution is 0.339. The van der Waals surface area contributed by atoms with Crippen LogP contribution in [0.15, 0.2) is 23.1 Å². The molecule has 0 radical (unpaired) electrons. The van der Waals surface area contributed by atoms with Gasteiger partial charge < -0.3 is 10.5 Å². The molecule has 1 saturated carbocycles. The number of rotatable bonds is 4. The highest BCUT2D eigenvalue weighted by atomic mass is 32.2. The predicted molar refractivity (Wildman–Crippen MR) is 79.4 cm³/mol. The maximum absolute atomic E-state index is 6.07. The van der Waals surface area contributed by atoms with Crippen molar-refractivity contribution in [2.24, 2.45) is 0 Å². The molecule has 0 unspecified atom stereocenters. The third-order valence-corrected chi connectivity index (χ3v) is 4.80. The highest BCUT2D eigenvalue weighted by Crippen LogP contribution is 2.37. The van der Waals surface area contributed by atoms with Crippen molar-refractivity contribution in [1.82, 2.24) is 0 Å². The van der Waals surface area contributed by atoms with Crippen LogP contribution in [0.2, 0.25) is 0 Å². The minimum absolute atomic E-state index is 0.706. The molecule has 1 aliphatic rings. The summed E-state index contributed by atoms with van der Waals surface area (Å²) in [4.78, 5) is 1.19. The Labute approximate surface area is 114 Å². The first kappa shape index (κ1) is 13.6. The fraction of sp³-hybridized carbons (Fsp3) is 0.600. The summed E-state index contributed by atoms with van der Waals surface area (Å²) in [6.07, 6.45) is 8.16. The molecule has 100 valence electrons. The highest BCUT2D eigenvalue weighted by molar-refractivity contribution is 8.00. The van der Waals surface area contributed by atoms with E-state index in [4.69, 9.17) is 10.5 Å². The second-order valence-electron chi connectivity index (χ2n) is 4.86. The van der Waals surface area contributed by atoms with Crippen molar-refractivity contribution in [3.05, 3.63) is 18.2 Å². The number of nitrogens with two attached hydrogens (primary N) is 1. The second-order valence-corrected chi connectivity index (χ2v) is 6.21. The summed E-state index contributed by atoms with van der Waals surface area (Å²) in [5.74, 6) is 0.933. The fourth-order valence-electron chi connectivity index (χ4n) is 2.41. The molecule has 2 rings (SSSR count). The van der Waals surface area contributed by atoms with Crippen LogP contribution in [-0.2, 0) is 0 Å². The van der Waals surface area contributed by atoms with E-state index in [0.717, 1.165) is 16.7 Å². The molecular weight excluding hydrogens is 242 g/mol. The monoisotopic (exact) mass is 265 g/mol. The summed E-state index contributed by atoms with van der Waals surface area (Å²) in [5, 5.41) is 0.728. The van der Waals surface area contributed by atoms with Crippen LogP contribution in [0.1, 0.15) is 45.4 Å². The second kappa shape index (κ2) is 6.93. The molecule has 0 aromatic heterocycles. The first-order chi connectivity index (χ1) is 8.79. The van der Waals surface area contributed by atoms with Crippen molar-refractivity contribution in [3.63, 3.8) is 0 Å². The van der Waals surface area contributed by atoms with E-state index in [1.807, 2.05) is 30.8 Å². The number of nitrogen functional groups attached to an aromatic ring is 1. The molecule has 3 heteroatoms. The summed E-state index contributed by atoms with van der Waals surface area (Å²) in [5.41, 5.74) is 6.95. The quantitative estimate of drug-likeness (QED) is 0.644. The van der Waals surface area contributed by atoms with Crippen LogP contribution in [0.3, 0.4) is 0 Å². The van der Waals surface area contributed by atoms with Crippen molar-refractivity contribution >= 4 is 17.4 Å². The van der Waals surface area contributed by atoms with E-state index in [-0.39, 0.29) is 0 Å². The molecule has 0 bridgehead atoms. The average Bonchev–Trinajstić information content (AvgIpc) is 2.62. The number of hydrogen-bond acceptors (Lipinski definition) is 3. The van der Waals surface area contributed by atoms with Gasteiger partial charge in [0, 0.05) is 15.8 Å². The van der Waals surface area contributed by atoms with Crippen LogP contribution in [0.4, 0.5) is 5.69 Å². The normalized spacial score (nSPS) is 17.4. The molecular formula is C15H23NOS. The van der Waals surface area contributed by atoms with Gasteiger partial charge in [-0.1, -0.05) is 25.7 Å². The van der Waals surface area contributed by atoms with Crippen molar-refractivity contribution in [3.8, 4) is 5.75 Å². The summed E-state index contributed by atoms with van der Waals surface area (Å²) >= 11 is 1.94. The van der Waals surface area contributed by atoms with Gasteiger partial charge in [-0.05, 0) is 38.0 Å². The van der Waals surface area contributed by atoms with Crippen molar-refractivity contribution in [2.75, 3.05) is 12.3 Å². The maximum Gasteiger partial charge on any atom is 0.120 e. The fourth-order valence-corrected chi connectivity index (χ4v) is 3.73. The first-order valence-corrected chi connectivity index (χ1v) is 7.86. The molecule has 1 aromatic carbocycles. The maximum atomic E-state index is 6.07. The molecule has 0 spiro atoms. The largest absolute Gasteiger partial charge is 0.494 e. The number of ether oxygens (including phenoxy) is 1. The van der Waals surface area contributed by atoms with Gasteiger partial charge in [0.15, 0.2) is 0 Å². The molecule has 0 aliphatic heterocycles. The van der Waals surface area contributed by atoms with Gasteiger partial charge >= 0.3 is 0 Å². The Balaban J connectivity index is 2.04. The van der Waals surface area contributed by atoms with Gasteiger partial charge in [0.2, 0.25) is 0 Å². The van der Waals surface area contributed by atoms with Gasteiger partial charge in [-0.15, -0.1) is 11.8 Å².